The molecule has 1 N–H and O–H groups in total. The Morgan fingerprint density at radius 3 is 2.33 bits per heavy atom. The molecule has 0 aliphatic rings. The van der Waals surface area contributed by atoms with Gasteiger partial charge in [0.15, 0.2) is 0 Å². The summed E-state index contributed by atoms with van der Waals surface area (Å²) in [5, 5.41) is 1.28. The number of fused-ring (bicyclic) bond motifs is 1. The van der Waals surface area contributed by atoms with Crippen LogP contribution < -0.4 is 0 Å². The first-order chi connectivity index (χ1) is 5.47. The Hall–Kier alpha value is -1.18. The number of nitrogens with one attached hydrogen (secondary N) is 1. The average Bonchev–Trinajstić information content (AvgIpc) is 2.55. The minimum atomic E-state index is 0. The summed E-state index contributed by atoms with van der Waals surface area (Å²) < 4.78 is 0. The van der Waals surface area contributed by atoms with Crippen LogP contribution in [0.4, 0.5) is 0 Å². The van der Waals surface area contributed by atoms with Crippen LogP contribution in [0.25, 0.3) is 10.9 Å². The minimum absolute atomic E-state index is 0. The Balaban J connectivity index is 0.000000378. The number of aromatic amines is 1. The van der Waals surface area contributed by atoms with Gasteiger partial charge in [-0.1, -0.05) is 32.0 Å². The Bertz CT molecular complexity index is 284. The Labute approximate surface area is 75.4 Å². The van der Waals surface area contributed by atoms with E-state index in [1.54, 1.807) is 0 Å². The zero-order valence-electron chi connectivity index (χ0n) is 7.54. The van der Waals surface area contributed by atoms with Crippen molar-refractivity contribution in [3.05, 3.63) is 36.5 Å². The largest absolute Gasteiger partial charge is 0.361 e. The molecule has 0 amide bonds. The monoisotopic (exact) mass is 158 g/mol. The lowest BCUT2D eigenvalue weighted by Gasteiger charge is -1.83. The van der Waals surface area contributed by atoms with Crippen molar-refractivity contribution in [2.45, 2.75) is 13.8 Å². The van der Waals surface area contributed by atoms with Gasteiger partial charge in [-0.3, -0.25) is 0 Å². The summed E-state index contributed by atoms with van der Waals surface area (Å²) in [7, 11) is 0. The van der Waals surface area contributed by atoms with Crippen LogP contribution in [0.2, 0.25) is 0 Å². The first-order valence-electron chi connectivity index (χ1n) is 3.99. The van der Waals surface area contributed by atoms with Crippen molar-refractivity contribution in [3.8, 4) is 0 Å². The van der Waals surface area contributed by atoms with Crippen LogP contribution >= 0.6 is 0 Å². The molecule has 1 nitrogen and oxygen atoms in total. The molecule has 0 atom stereocenters. The second-order valence-electron chi connectivity index (χ2n) is 2.06. The van der Waals surface area contributed by atoms with Crippen molar-refractivity contribution in [3.63, 3.8) is 0 Å². The summed E-state index contributed by atoms with van der Waals surface area (Å²) >= 11 is 0. The van der Waals surface area contributed by atoms with Gasteiger partial charge >= 0.3 is 0 Å². The van der Waals surface area contributed by atoms with Crippen LogP contribution in [-0.4, -0.2) is 13.4 Å². The summed E-state index contributed by atoms with van der Waals surface area (Å²) in [6.07, 6.45) is 1.95. The molecule has 0 spiro atoms. The smallest absolute Gasteiger partial charge is 0.0453 e. The highest BCUT2D eigenvalue weighted by molar-refractivity contribution is 5.78. The van der Waals surface area contributed by atoms with Crippen LogP contribution in [0, 0.1) is 0 Å². The van der Waals surface area contributed by atoms with Crippen molar-refractivity contribution in [1.29, 1.82) is 0 Å². The van der Waals surface area contributed by atoms with E-state index in [-0.39, 0.29) is 8.41 Å². The summed E-state index contributed by atoms with van der Waals surface area (Å²) in [5.74, 6) is 0. The molecule has 2 aromatic rings. The first-order valence-corrected chi connectivity index (χ1v) is 3.99. The predicted molar refractivity (Wildman–Crippen MR) is 55.4 cm³/mol. The SMILES string of the molecule is CC.[B].c1ccc2[nH]ccc2c1. The molecule has 2 rings (SSSR count). The van der Waals surface area contributed by atoms with E-state index in [1.807, 2.05) is 32.2 Å². The molecule has 0 saturated carbocycles. The summed E-state index contributed by atoms with van der Waals surface area (Å²) in [4.78, 5) is 3.12. The Kier molecular flexibility index (Phi) is 4.94. The van der Waals surface area contributed by atoms with Gasteiger partial charge in [0.2, 0.25) is 0 Å². The molecule has 0 fully saturated rings. The topological polar surface area (TPSA) is 15.8 Å². The molecule has 1 aromatic carbocycles. The van der Waals surface area contributed by atoms with Gasteiger partial charge in [0.25, 0.3) is 0 Å². The molecule has 3 radical (unpaired) electrons. The Morgan fingerprint density at radius 2 is 1.67 bits per heavy atom. The van der Waals surface area contributed by atoms with Crippen molar-refractivity contribution in [2.75, 3.05) is 0 Å². The van der Waals surface area contributed by atoms with E-state index in [9.17, 15) is 0 Å². The van der Waals surface area contributed by atoms with E-state index < -0.39 is 0 Å². The highest BCUT2D eigenvalue weighted by atomic mass is 14.6. The van der Waals surface area contributed by atoms with Crippen molar-refractivity contribution >= 4 is 19.3 Å². The molecular formula is C10H13BN. The maximum Gasteiger partial charge on any atom is 0.0453 e. The fourth-order valence-electron chi connectivity index (χ4n) is 0.995. The predicted octanol–water partition coefficient (Wildman–Crippen LogP) is 2.81. The maximum absolute atomic E-state index is 3.12. The van der Waals surface area contributed by atoms with Gasteiger partial charge in [0.05, 0.1) is 0 Å². The summed E-state index contributed by atoms with van der Waals surface area (Å²) in [5.41, 5.74) is 1.21. The molecule has 2 heteroatoms. The van der Waals surface area contributed by atoms with Gasteiger partial charge in [-0.05, 0) is 17.5 Å². The molecule has 0 saturated heterocycles. The van der Waals surface area contributed by atoms with E-state index in [4.69, 9.17) is 0 Å². The summed E-state index contributed by atoms with van der Waals surface area (Å²) in [6.45, 7) is 4.00. The lowest BCUT2D eigenvalue weighted by atomic mass is 10.3. The highest BCUT2D eigenvalue weighted by Crippen LogP contribution is 2.09. The Morgan fingerprint density at radius 1 is 1.00 bits per heavy atom. The van der Waals surface area contributed by atoms with Gasteiger partial charge < -0.3 is 4.98 Å². The van der Waals surface area contributed by atoms with Crippen LogP contribution in [0.5, 0.6) is 0 Å². The maximum atomic E-state index is 3.12. The number of rotatable bonds is 0. The highest BCUT2D eigenvalue weighted by Gasteiger charge is 1.86. The van der Waals surface area contributed by atoms with Crippen molar-refractivity contribution in [1.82, 2.24) is 4.98 Å². The zero-order valence-corrected chi connectivity index (χ0v) is 7.54. The lowest BCUT2D eigenvalue weighted by Crippen LogP contribution is -1.61. The number of H-pyrrole nitrogens is 1. The normalized spacial score (nSPS) is 8.17. The number of hydrogen-bond donors (Lipinski definition) is 1. The second-order valence-corrected chi connectivity index (χ2v) is 2.06. The molecular weight excluding hydrogens is 145 g/mol. The second kappa shape index (κ2) is 5.47. The van der Waals surface area contributed by atoms with E-state index in [1.165, 1.54) is 10.9 Å². The van der Waals surface area contributed by atoms with E-state index in [2.05, 4.69) is 23.2 Å². The molecule has 61 valence electrons. The van der Waals surface area contributed by atoms with Gasteiger partial charge in [0, 0.05) is 20.1 Å². The molecule has 1 aromatic heterocycles. The van der Waals surface area contributed by atoms with Crippen LogP contribution in [0.1, 0.15) is 13.8 Å². The molecule has 0 unspecified atom stereocenters. The third-order valence-electron chi connectivity index (χ3n) is 1.46. The van der Waals surface area contributed by atoms with Crippen LogP contribution in [0.3, 0.4) is 0 Å². The van der Waals surface area contributed by atoms with Crippen LogP contribution in [0.15, 0.2) is 36.5 Å². The van der Waals surface area contributed by atoms with E-state index >= 15 is 0 Å². The number of para-hydroxylation sites is 1. The van der Waals surface area contributed by atoms with Gasteiger partial charge in [-0.15, -0.1) is 0 Å². The van der Waals surface area contributed by atoms with Gasteiger partial charge in [-0.2, -0.15) is 0 Å². The third-order valence-corrected chi connectivity index (χ3v) is 1.46. The fourth-order valence-corrected chi connectivity index (χ4v) is 0.995. The quantitative estimate of drug-likeness (QED) is 0.567. The fraction of sp³-hybridized carbons (Fsp3) is 0.200. The van der Waals surface area contributed by atoms with E-state index in [0.717, 1.165) is 0 Å². The average molecular weight is 158 g/mol. The standard InChI is InChI=1S/C8H7N.C2H6.B/c1-2-4-8-7(3-1)5-6-9-8;1-2;/h1-6,9H;1-2H3;. The number of hydrogen-bond acceptors (Lipinski definition) is 0. The molecule has 1 heterocycles. The lowest BCUT2D eigenvalue weighted by molar-refractivity contribution is 1.48. The molecule has 0 bridgehead atoms. The third kappa shape index (κ3) is 2.16. The van der Waals surface area contributed by atoms with Crippen molar-refractivity contribution in [2.24, 2.45) is 0 Å². The molecule has 12 heavy (non-hydrogen) atoms. The number of benzene rings is 1. The molecule has 0 aliphatic carbocycles. The van der Waals surface area contributed by atoms with Crippen molar-refractivity contribution < 1.29 is 0 Å². The van der Waals surface area contributed by atoms with Gasteiger partial charge in [0.1, 0.15) is 0 Å². The van der Waals surface area contributed by atoms with Gasteiger partial charge in [-0.25, -0.2) is 0 Å². The first kappa shape index (κ1) is 10.8. The number of aromatic nitrogens is 1. The zero-order chi connectivity index (χ0) is 8.10. The minimum Gasteiger partial charge on any atom is -0.361 e. The summed E-state index contributed by atoms with van der Waals surface area (Å²) in [6, 6.07) is 10.3. The van der Waals surface area contributed by atoms with Crippen LogP contribution in [-0.2, 0) is 0 Å². The van der Waals surface area contributed by atoms with E-state index in [0.29, 0.717) is 0 Å². The molecule has 0 aliphatic heterocycles.